The Balaban J connectivity index is 1.01. The van der Waals surface area contributed by atoms with E-state index in [-0.39, 0.29) is 95.4 Å². The van der Waals surface area contributed by atoms with Crippen molar-refractivity contribution in [1.29, 1.82) is 0 Å². The molecule has 1 N–H and O–H groups in total. The third-order valence-electron chi connectivity index (χ3n) is 17.1. The summed E-state index contributed by atoms with van der Waals surface area (Å²) in [4.78, 5) is 29.4. The van der Waals surface area contributed by atoms with Gasteiger partial charge in [0.2, 0.25) is 0 Å². The minimum absolute atomic E-state index is 0.0454. The highest BCUT2D eigenvalue weighted by atomic mass is 19.3. The van der Waals surface area contributed by atoms with Gasteiger partial charge in [-0.05, 0) is 104 Å². The average Bonchev–Trinajstić information content (AvgIpc) is 3.64. The lowest BCUT2D eigenvalue weighted by Gasteiger charge is -2.63. The zero-order valence-corrected chi connectivity index (χ0v) is 31.5. The number of nitrogens with zero attached hydrogens (tertiary/aromatic N) is 2. The summed E-state index contributed by atoms with van der Waals surface area (Å²) in [5, 5.41) is 12.6. The maximum atomic E-state index is 13.8. The number of likely N-dealkylation sites (tertiary alicyclic amines) is 2. The number of fused-ring (bicyclic) bond motifs is 4. The Hall–Kier alpha value is -1.68. The Morgan fingerprint density at radius 3 is 2.14 bits per heavy atom. The predicted molar refractivity (Wildman–Crippen MR) is 183 cm³/mol. The normalized spacial score (nSPS) is 48.9. The number of carbonyl (C=O) groups is 2. The van der Waals surface area contributed by atoms with Gasteiger partial charge < -0.3 is 29.1 Å². The highest BCUT2D eigenvalue weighted by Gasteiger charge is 2.84. The smallest absolute Gasteiger partial charge is 0.410 e. The van der Waals surface area contributed by atoms with E-state index >= 15 is 0 Å². The molecule has 8 unspecified atom stereocenters. The van der Waals surface area contributed by atoms with Gasteiger partial charge in [-0.1, -0.05) is 48.5 Å². The number of hydrogen-bond donors (Lipinski definition) is 1. The van der Waals surface area contributed by atoms with Crippen LogP contribution >= 0.6 is 0 Å². The molecule has 8 aliphatic rings. The van der Waals surface area contributed by atoms with Gasteiger partial charge >= 0.3 is 12.2 Å². The van der Waals surface area contributed by atoms with Crippen molar-refractivity contribution < 1.29 is 37.7 Å². The average molecular weight is 705 g/mol. The van der Waals surface area contributed by atoms with Crippen molar-refractivity contribution in [3.05, 3.63) is 0 Å². The van der Waals surface area contributed by atoms with Crippen molar-refractivity contribution in [2.75, 3.05) is 26.2 Å². The minimum atomic E-state index is -2.70. The zero-order chi connectivity index (χ0) is 35.8. The number of alkyl halides is 2. The van der Waals surface area contributed by atoms with E-state index in [4.69, 9.17) is 14.2 Å². The molecule has 282 valence electrons. The molecule has 5 aliphatic carbocycles. The van der Waals surface area contributed by atoms with Gasteiger partial charge in [0.05, 0.1) is 18.3 Å². The number of carbonyl (C=O) groups excluding carboxylic acids is 2. The fourth-order valence-corrected chi connectivity index (χ4v) is 14.3. The van der Waals surface area contributed by atoms with Crippen LogP contribution in [0, 0.1) is 56.7 Å². The van der Waals surface area contributed by atoms with Crippen LogP contribution in [0.15, 0.2) is 0 Å². The first kappa shape index (κ1) is 35.4. The van der Waals surface area contributed by atoms with E-state index < -0.39 is 18.1 Å². The van der Waals surface area contributed by atoms with Crippen molar-refractivity contribution >= 4 is 12.2 Å². The Kier molecular flexibility index (Phi) is 8.07. The van der Waals surface area contributed by atoms with Crippen molar-refractivity contribution in [1.82, 2.24) is 9.80 Å². The standard InChI is InChI=1S/C40H62F2N2O6/c1-23(2)30(50-34(47)43-17-8-18-43)25-21-24(3)29-31(48-25)32(45)37(7)27-10-9-26-35(4,5)28(49-33(46)44-19-15-40(41,42)16-20-44)11-12-38(26)22-39(27,38)14-13-36(29,37)6/h23-32,45H,8-22H2,1-7H3/t24-,25?,26+,27?,28?,29+,30?,31?,32+,36?,37-,38?,39?/m1/s1. The summed E-state index contributed by atoms with van der Waals surface area (Å²) in [5.41, 5.74) is -0.252. The van der Waals surface area contributed by atoms with Gasteiger partial charge in [0.1, 0.15) is 12.2 Å². The monoisotopic (exact) mass is 704 g/mol. The van der Waals surface area contributed by atoms with Gasteiger partial charge in [0, 0.05) is 49.9 Å². The lowest BCUT2D eigenvalue weighted by molar-refractivity contribution is -0.186. The summed E-state index contributed by atoms with van der Waals surface area (Å²) in [6, 6.07) is 0. The van der Waals surface area contributed by atoms with E-state index in [0.29, 0.717) is 17.8 Å². The van der Waals surface area contributed by atoms with E-state index in [2.05, 4.69) is 48.5 Å². The third kappa shape index (κ3) is 4.70. The second kappa shape index (κ2) is 11.4. The lowest BCUT2D eigenvalue weighted by Crippen LogP contribution is -2.60. The van der Waals surface area contributed by atoms with Crippen LogP contribution < -0.4 is 0 Å². The molecule has 0 aromatic rings. The molecule has 2 amide bonds. The second-order valence-electron chi connectivity index (χ2n) is 19.7. The van der Waals surface area contributed by atoms with Gasteiger partial charge in [-0.15, -0.1) is 0 Å². The van der Waals surface area contributed by atoms with Crippen molar-refractivity contribution in [3.8, 4) is 0 Å². The Labute approximate surface area is 297 Å². The number of rotatable bonds is 4. The molecule has 3 heterocycles. The fourth-order valence-electron chi connectivity index (χ4n) is 14.3. The molecular weight excluding hydrogens is 642 g/mol. The number of aliphatic hydroxyl groups is 1. The topological polar surface area (TPSA) is 88.5 Å². The van der Waals surface area contributed by atoms with E-state index in [0.717, 1.165) is 64.5 Å². The van der Waals surface area contributed by atoms with Crippen LogP contribution in [0.25, 0.3) is 0 Å². The van der Waals surface area contributed by atoms with Gasteiger partial charge in [-0.3, -0.25) is 0 Å². The largest absolute Gasteiger partial charge is 0.446 e. The predicted octanol–water partition coefficient (Wildman–Crippen LogP) is 7.90. The van der Waals surface area contributed by atoms with Crippen LogP contribution in [-0.2, 0) is 14.2 Å². The molecule has 3 saturated heterocycles. The molecule has 0 bridgehead atoms. The first-order chi connectivity index (χ1) is 23.4. The Morgan fingerprint density at radius 1 is 0.860 bits per heavy atom. The van der Waals surface area contributed by atoms with Crippen molar-refractivity contribution in [3.63, 3.8) is 0 Å². The van der Waals surface area contributed by atoms with Crippen molar-refractivity contribution in [2.24, 2.45) is 56.7 Å². The van der Waals surface area contributed by atoms with Crippen LogP contribution in [0.5, 0.6) is 0 Å². The van der Waals surface area contributed by atoms with Crippen LogP contribution in [0.4, 0.5) is 18.4 Å². The lowest BCUT2D eigenvalue weighted by atomic mass is 9.41. The fraction of sp³-hybridized carbons (Fsp3) is 0.950. The maximum absolute atomic E-state index is 13.8. The van der Waals surface area contributed by atoms with Crippen molar-refractivity contribution in [2.45, 2.75) is 156 Å². The summed E-state index contributed by atoms with van der Waals surface area (Å²) < 4.78 is 46.9. The molecule has 8 nitrogen and oxygen atoms in total. The molecule has 0 aromatic carbocycles. The Bertz CT molecular complexity index is 1380. The number of piperidine rings is 1. The molecule has 8 fully saturated rings. The third-order valence-corrected chi connectivity index (χ3v) is 17.1. The van der Waals surface area contributed by atoms with E-state index in [1.165, 1.54) is 11.3 Å². The van der Waals surface area contributed by atoms with Gasteiger partial charge in [0.25, 0.3) is 5.92 Å². The number of amides is 2. The van der Waals surface area contributed by atoms with E-state index in [9.17, 15) is 23.5 Å². The molecule has 3 aliphatic heterocycles. The molecule has 8 rings (SSSR count). The molecule has 2 spiro atoms. The van der Waals surface area contributed by atoms with Crippen LogP contribution in [0.2, 0.25) is 0 Å². The highest BCUT2D eigenvalue weighted by Crippen LogP contribution is 2.89. The summed E-state index contributed by atoms with van der Waals surface area (Å²) in [6.07, 6.45) is 6.16. The second-order valence-corrected chi connectivity index (χ2v) is 19.7. The Morgan fingerprint density at radius 2 is 1.50 bits per heavy atom. The van der Waals surface area contributed by atoms with E-state index in [1.54, 1.807) is 4.90 Å². The summed E-state index contributed by atoms with van der Waals surface area (Å²) in [5.74, 6) is -1.23. The van der Waals surface area contributed by atoms with Crippen LogP contribution in [0.3, 0.4) is 0 Å². The van der Waals surface area contributed by atoms with Gasteiger partial charge in [-0.25, -0.2) is 18.4 Å². The molecule has 10 heteroatoms. The minimum Gasteiger partial charge on any atom is -0.446 e. The zero-order valence-electron chi connectivity index (χ0n) is 31.5. The van der Waals surface area contributed by atoms with E-state index in [1.807, 2.05) is 0 Å². The number of ether oxygens (including phenoxy) is 3. The van der Waals surface area contributed by atoms with Gasteiger partial charge in [0.15, 0.2) is 0 Å². The summed E-state index contributed by atoms with van der Waals surface area (Å²) in [6.45, 7) is 17.5. The molecule has 0 radical (unpaired) electrons. The summed E-state index contributed by atoms with van der Waals surface area (Å²) >= 11 is 0. The quantitative estimate of drug-likeness (QED) is 0.320. The molecule has 50 heavy (non-hydrogen) atoms. The maximum Gasteiger partial charge on any atom is 0.410 e. The molecular formula is C40H62F2N2O6. The first-order valence-corrected chi connectivity index (χ1v) is 20.0. The number of hydrogen-bond acceptors (Lipinski definition) is 6. The van der Waals surface area contributed by atoms with Crippen LogP contribution in [-0.4, -0.2) is 89.7 Å². The number of aliphatic hydroxyl groups excluding tert-OH is 1. The SMILES string of the molecule is CC(C)C(OC(=O)N1CCC1)C1C[C@@H](C)[C@H]2C(O1)[C@H](O)[C@@]1(C)C3CC[C@H]4C(C)(C)C(OC(=O)N5CCC(F)(F)CC5)CCC45CC35CCC21C. The first-order valence-electron chi connectivity index (χ1n) is 20.0. The molecule has 13 atom stereocenters. The summed E-state index contributed by atoms with van der Waals surface area (Å²) in [7, 11) is 0. The highest BCUT2D eigenvalue weighted by molar-refractivity contribution is 5.69. The molecule has 5 saturated carbocycles. The molecule has 0 aromatic heterocycles. The van der Waals surface area contributed by atoms with Crippen LogP contribution in [0.1, 0.15) is 119 Å². The number of halogens is 2. The van der Waals surface area contributed by atoms with Gasteiger partial charge in [-0.2, -0.15) is 0 Å².